The third kappa shape index (κ3) is 3.07. The molecule has 0 saturated heterocycles. The van der Waals surface area contributed by atoms with Crippen LogP contribution in [0.1, 0.15) is 25.7 Å². The average Bonchev–Trinajstić information content (AvgIpc) is 3.30. The summed E-state index contributed by atoms with van der Waals surface area (Å²) in [6, 6.07) is 4.12. The van der Waals surface area contributed by atoms with E-state index in [1.807, 2.05) is 4.57 Å². The fourth-order valence-electron chi connectivity index (χ4n) is 3.67. The second kappa shape index (κ2) is 6.88. The van der Waals surface area contributed by atoms with Gasteiger partial charge < -0.3 is 16.0 Å². The molecule has 0 aliphatic heterocycles. The lowest BCUT2D eigenvalue weighted by molar-refractivity contribution is 0.410. The molecule has 0 amide bonds. The number of fused-ring (bicyclic) bond motifs is 2. The van der Waals surface area contributed by atoms with Crippen LogP contribution in [0.2, 0.25) is 10.0 Å². The molecule has 0 radical (unpaired) electrons. The summed E-state index contributed by atoms with van der Waals surface area (Å²) in [7, 11) is 0. The summed E-state index contributed by atoms with van der Waals surface area (Å²) in [5.41, 5.74) is 8.85. The van der Waals surface area contributed by atoms with Crippen molar-refractivity contribution in [2.75, 3.05) is 5.32 Å². The van der Waals surface area contributed by atoms with E-state index >= 15 is 0 Å². The van der Waals surface area contributed by atoms with Crippen molar-refractivity contribution in [1.29, 1.82) is 0 Å². The Bertz CT molecular complexity index is 1160. The maximum atomic E-state index is 6.22. The predicted octanol–water partition coefficient (Wildman–Crippen LogP) is 3.68. The van der Waals surface area contributed by atoms with E-state index in [9.17, 15) is 0 Å². The van der Waals surface area contributed by atoms with Crippen LogP contribution in [-0.4, -0.2) is 41.6 Å². The number of aromatic nitrogens is 6. The summed E-state index contributed by atoms with van der Waals surface area (Å²) in [5, 5.41) is 4.37. The number of rotatable bonds is 3. The molecular formula is C18H18Cl2N8. The lowest BCUT2D eigenvalue weighted by atomic mass is 9.92. The Morgan fingerprint density at radius 1 is 1.07 bits per heavy atom. The molecule has 144 valence electrons. The monoisotopic (exact) mass is 416 g/mol. The predicted molar refractivity (Wildman–Crippen MR) is 110 cm³/mol. The van der Waals surface area contributed by atoms with Crippen molar-refractivity contribution in [2.24, 2.45) is 5.73 Å². The van der Waals surface area contributed by atoms with E-state index in [0.717, 1.165) is 36.7 Å². The zero-order valence-electron chi connectivity index (χ0n) is 14.9. The molecule has 1 fully saturated rings. The number of halogens is 2. The third-order valence-electron chi connectivity index (χ3n) is 5.18. The summed E-state index contributed by atoms with van der Waals surface area (Å²) < 4.78 is 1.85. The molecule has 3 heterocycles. The molecule has 0 unspecified atom stereocenters. The number of aromatic amines is 1. The molecular weight excluding hydrogens is 399 g/mol. The van der Waals surface area contributed by atoms with Gasteiger partial charge in [-0.05, 0) is 37.8 Å². The first-order valence-corrected chi connectivity index (χ1v) is 9.90. The summed E-state index contributed by atoms with van der Waals surface area (Å²) in [6.07, 6.45) is 7.31. The van der Waals surface area contributed by atoms with Gasteiger partial charge >= 0.3 is 0 Å². The maximum Gasteiger partial charge on any atom is 0.227 e. The maximum absolute atomic E-state index is 6.22. The highest BCUT2D eigenvalue weighted by Gasteiger charge is 2.21. The van der Waals surface area contributed by atoms with E-state index in [0.29, 0.717) is 45.1 Å². The SMILES string of the molecule is NC1CCC(Nc2nc(-n3cnc4cc(Cl)c(Cl)cc43)c3nc[nH]c3n2)CC1. The van der Waals surface area contributed by atoms with Gasteiger partial charge in [0.2, 0.25) is 5.95 Å². The molecule has 1 saturated carbocycles. The minimum atomic E-state index is 0.290. The number of anilines is 1. The molecule has 4 aromatic rings. The standard InChI is InChI=1S/C18H18Cl2N8/c19-11-5-13-14(6-12(11)20)28(8-24-13)17-15-16(23-7-22-15)26-18(27-17)25-10-3-1-9(21)2-4-10/h5-10H,1-4,21H2,(H2,22,23,25,26,27). The molecule has 0 spiro atoms. The van der Waals surface area contributed by atoms with Crippen molar-refractivity contribution < 1.29 is 0 Å². The van der Waals surface area contributed by atoms with Gasteiger partial charge in [-0.2, -0.15) is 9.97 Å². The van der Waals surface area contributed by atoms with Crippen molar-refractivity contribution in [2.45, 2.75) is 37.8 Å². The number of nitrogens with zero attached hydrogens (tertiary/aromatic N) is 5. The van der Waals surface area contributed by atoms with Gasteiger partial charge in [-0.1, -0.05) is 23.2 Å². The van der Waals surface area contributed by atoms with E-state index < -0.39 is 0 Å². The number of hydrogen-bond acceptors (Lipinski definition) is 6. The lowest BCUT2D eigenvalue weighted by Crippen LogP contribution is -2.33. The van der Waals surface area contributed by atoms with Crippen molar-refractivity contribution in [3.05, 3.63) is 34.8 Å². The minimum absolute atomic E-state index is 0.290. The summed E-state index contributed by atoms with van der Waals surface area (Å²) >= 11 is 12.3. The molecule has 28 heavy (non-hydrogen) atoms. The van der Waals surface area contributed by atoms with E-state index in [4.69, 9.17) is 33.9 Å². The van der Waals surface area contributed by atoms with Crippen LogP contribution in [0.5, 0.6) is 0 Å². The zero-order valence-corrected chi connectivity index (χ0v) is 16.4. The van der Waals surface area contributed by atoms with Crippen molar-refractivity contribution in [3.8, 4) is 5.82 Å². The van der Waals surface area contributed by atoms with E-state index in [1.54, 1.807) is 24.8 Å². The highest BCUT2D eigenvalue weighted by Crippen LogP contribution is 2.30. The number of H-pyrrole nitrogens is 1. The van der Waals surface area contributed by atoms with E-state index in [-0.39, 0.29) is 0 Å². The first kappa shape index (κ1) is 17.7. The molecule has 1 aromatic carbocycles. The number of hydrogen-bond donors (Lipinski definition) is 3. The van der Waals surface area contributed by atoms with Gasteiger partial charge in [0.1, 0.15) is 6.33 Å². The number of imidazole rings is 2. The topological polar surface area (TPSA) is 110 Å². The van der Waals surface area contributed by atoms with Gasteiger partial charge in [-0.25, -0.2) is 9.97 Å². The van der Waals surface area contributed by atoms with Gasteiger partial charge in [-0.15, -0.1) is 0 Å². The molecule has 0 atom stereocenters. The Kier molecular flexibility index (Phi) is 4.34. The number of nitrogens with two attached hydrogens (primary N) is 1. The Balaban J connectivity index is 1.59. The second-order valence-corrected chi connectivity index (χ2v) is 7.91. The van der Waals surface area contributed by atoms with Crippen LogP contribution < -0.4 is 11.1 Å². The Morgan fingerprint density at radius 3 is 2.68 bits per heavy atom. The minimum Gasteiger partial charge on any atom is -0.351 e. The van der Waals surface area contributed by atoms with Gasteiger partial charge in [0.15, 0.2) is 17.0 Å². The van der Waals surface area contributed by atoms with Crippen LogP contribution in [0.3, 0.4) is 0 Å². The normalized spacial score (nSPS) is 20.1. The molecule has 1 aliphatic carbocycles. The third-order valence-corrected chi connectivity index (χ3v) is 5.91. The highest BCUT2D eigenvalue weighted by molar-refractivity contribution is 6.42. The summed E-state index contributed by atoms with van der Waals surface area (Å²) in [6.45, 7) is 0. The number of benzene rings is 1. The van der Waals surface area contributed by atoms with Crippen LogP contribution in [0.25, 0.3) is 28.0 Å². The Labute approximate surface area is 170 Å². The quantitative estimate of drug-likeness (QED) is 0.469. The van der Waals surface area contributed by atoms with Crippen LogP contribution in [0, 0.1) is 0 Å². The van der Waals surface area contributed by atoms with Crippen LogP contribution >= 0.6 is 23.2 Å². The van der Waals surface area contributed by atoms with Crippen LogP contribution in [0.4, 0.5) is 5.95 Å². The fourth-order valence-corrected chi connectivity index (χ4v) is 3.99. The second-order valence-electron chi connectivity index (χ2n) is 7.10. The van der Waals surface area contributed by atoms with Gasteiger partial charge in [0.25, 0.3) is 0 Å². The van der Waals surface area contributed by atoms with Crippen LogP contribution in [-0.2, 0) is 0 Å². The highest BCUT2D eigenvalue weighted by atomic mass is 35.5. The Morgan fingerprint density at radius 2 is 1.86 bits per heavy atom. The number of nitrogens with one attached hydrogen (secondary N) is 2. The molecule has 8 nitrogen and oxygen atoms in total. The van der Waals surface area contributed by atoms with E-state index in [2.05, 4.69) is 25.3 Å². The van der Waals surface area contributed by atoms with Gasteiger partial charge in [-0.3, -0.25) is 4.57 Å². The largest absolute Gasteiger partial charge is 0.351 e. The molecule has 0 bridgehead atoms. The summed E-state index contributed by atoms with van der Waals surface area (Å²) in [4.78, 5) is 21.2. The smallest absolute Gasteiger partial charge is 0.227 e. The molecule has 10 heteroatoms. The van der Waals surface area contributed by atoms with Crippen molar-refractivity contribution in [3.63, 3.8) is 0 Å². The Hall–Kier alpha value is -2.42. The first-order chi connectivity index (χ1) is 13.6. The fraction of sp³-hybridized carbons (Fsp3) is 0.333. The van der Waals surface area contributed by atoms with Gasteiger partial charge in [0.05, 0.1) is 27.4 Å². The van der Waals surface area contributed by atoms with Crippen molar-refractivity contribution in [1.82, 2.24) is 29.5 Å². The molecule has 1 aliphatic rings. The molecule has 3 aromatic heterocycles. The van der Waals surface area contributed by atoms with Crippen LogP contribution in [0.15, 0.2) is 24.8 Å². The summed E-state index contributed by atoms with van der Waals surface area (Å²) in [5.74, 6) is 1.18. The molecule has 5 rings (SSSR count). The zero-order chi connectivity index (χ0) is 19.3. The average molecular weight is 417 g/mol. The van der Waals surface area contributed by atoms with Crippen molar-refractivity contribution >= 4 is 51.3 Å². The molecule has 4 N–H and O–H groups in total. The van der Waals surface area contributed by atoms with Gasteiger partial charge in [0, 0.05) is 12.1 Å². The van der Waals surface area contributed by atoms with E-state index in [1.165, 1.54) is 0 Å². The first-order valence-electron chi connectivity index (χ1n) is 9.14. The lowest BCUT2D eigenvalue weighted by Gasteiger charge is -2.26.